The zero-order valence-electron chi connectivity index (χ0n) is 16.2. The van der Waals surface area contributed by atoms with Gasteiger partial charge in [0.25, 0.3) is 0 Å². The normalized spacial score (nSPS) is 10.9. The molecule has 0 amide bonds. The molecule has 7 heteroatoms. The summed E-state index contributed by atoms with van der Waals surface area (Å²) in [4.78, 5) is 0. The van der Waals surface area contributed by atoms with Crippen LogP contribution in [0.5, 0.6) is 11.5 Å². The monoisotopic (exact) mass is 429 g/mol. The van der Waals surface area contributed by atoms with Crippen LogP contribution in [0.3, 0.4) is 0 Å². The van der Waals surface area contributed by atoms with Crippen LogP contribution in [0, 0.1) is 5.82 Å². The van der Waals surface area contributed by atoms with Crippen molar-refractivity contribution in [3.05, 3.63) is 57.3 Å². The van der Waals surface area contributed by atoms with E-state index in [1.165, 1.54) is 6.07 Å². The standard InChI is InChI=1S/C21H26Cl2FNO3/c1-3-26-10-6-9-25-13-15-11-20(27-4-2)21(12-18(15)23)28-14-16-17(22)7-5-8-19(16)24/h5,7-8,11-12,25H,3-4,6,9-10,13-14H2,1-2H3. The van der Waals surface area contributed by atoms with Crippen molar-refractivity contribution in [3.63, 3.8) is 0 Å². The van der Waals surface area contributed by atoms with Crippen LogP contribution in [0.2, 0.25) is 10.0 Å². The van der Waals surface area contributed by atoms with Gasteiger partial charge in [0.1, 0.15) is 12.4 Å². The second-order valence-electron chi connectivity index (χ2n) is 6.04. The second-order valence-corrected chi connectivity index (χ2v) is 6.85. The van der Waals surface area contributed by atoms with Gasteiger partial charge in [-0.1, -0.05) is 29.3 Å². The molecule has 28 heavy (non-hydrogen) atoms. The molecule has 154 valence electrons. The van der Waals surface area contributed by atoms with Crippen molar-refractivity contribution in [2.45, 2.75) is 33.4 Å². The number of ether oxygens (including phenoxy) is 3. The predicted molar refractivity (Wildman–Crippen MR) is 111 cm³/mol. The fourth-order valence-electron chi connectivity index (χ4n) is 2.58. The van der Waals surface area contributed by atoms with Crippen LogP contribution in [-0.2, 0) is 17.9 Å². The first-order valence-electron chi connectivity index (χ1n) is 9.36. The Balaban J connectivity index is 2.05. The molecular formula is C21H26Cl2FNO3. The van der Waals surface area contributed by atoms with Crippen LogP contribution < -0.4 is 14.8 Å². The van der Waals surface area contributed by atoms with E-state index in [4.69, 9.17) is 37.4 Å². The minimum absolute atomic E-state index is 0.0169. The topological polar surface area (TPSA) is 39.7 Å². The van der Waals surface area contributed by atoms with Gasteiger partial charge in [-0.05, 0) is 50.6 Å². The van der Waals surface area contributed by atoms with Gasteiger partial charge in [-0.3, -0.25) is 0 Å². The maximum absolute atomic E-state index is 14.0. The number of halogens is 3. The molecule has 4 nitrogen and oxygen atoms in total. The van der Waals surface area contributed by atoms with E-state index in [0.29, 0.717) is 40.3 Å². The number of benzene rings is 2. The Morgan fingerprint density at radius 1 is 1.00 bits per heavy atom. The SMILES string of the molecule is CCOCCCNCc1cc(OCC)c(OCc2c(F)cccc2Cl)cc1Cl. The summed E-state index contributed by atoms with van der Waals surface area (Å²) in [6.45, 7) is 7.20. The van der Waals surface area contributed by atoms with Gasteiger partial charge in [0.05, 0.1) is 11.6 Å². The number of hydrogen-bond donors (Lipinski definition) is 1. The summed E-state index contributed by atoms with van der Waals surface area (Å²) in [5.74, 6) is 0.598. The minimum atomic E-state index is -0.413. The van der Waals surface area contributed by atoms with Gasteiger partial charge < -0.3 is 19.5 Å². The third kappa shape index (κ3) is 6.82. The van der Waals surface area contributed by atoms with E-state index in [-0.39, 0.29) is 6.61 Å². The van der Waals surface area contributed by atoms with Gasteiger partial charge in [0.15, 0.2) is 11.5 Å². The zero-order chi connectivity index (χ0) is 20.4. The molecule has 0 saturated carbocycles. The van der Waals surface area contributed by atoms with E-state index in [1.807, 2.05) is 19.9 Å². The van der Waals surface area contributed by atoms with Gasteiger partial charge in [-0.2, -0.15) is 0 Å². The molecule has 0 unspecified atom stereocenters. The first kappa shape index (κ1) is 22.8. The molecule has 2 aromatic carbocycles. The lowest BCUT2D eigenvalue weighted by molar-refractivity contribution is 0.144. The van der Waals surface area contributed by atoms with Crippen molar-refractivity contribution >= 4 is 23.2 Å². The van der Waals surface area contributed by atoms with E-state index in [9.17, 15) is 4.39 Å². The molecule has 0 fully saturated rings. The molecule has 1 N–H and O–H groups in total. The molecule has 0 aliphatic rings. The summed E-state index contributed by atoms with van der Waals surface area (Å²) in [7, 11) is 0. The summed E-state index contributed by atoms with van der Waals surface area (Å²) < 4.78 is 30.7. The number of nitrogens with one attached hydrogen (secondary N) is 1. The summed E-state index contributed by atoms with van der Waals surface area (Å²) >= 11 is 12.5. The van der Waals surface area contributed by atoms with Crippen molar-refractivity contribution in [2.24, 2.45) is 0 Å². The highest BCUT2D eigenvalue weighted by molar-refractivity contribution is 6.31. The fourth-order valence-corrected chi connectivity index (χ4v) is 3.02. The lowest BCUT2D eigenvalue weighted by atomic mass is 10.2. The van der Waals surface area contributed by atoms with E-state index in [1.54, 1.807) is 18.2 Å². The van der Waals surface area contributed by atoms with E-state index < -0.39 is 5.82 Å². The molecule has 0 bridgehead atoms. The zero-order valence-corrected chi connectivity index (χ0v) is 17.7. The molecule has 0 spiro atoms. The number of rotatable bonds is 12. The second kappa shape index (κ2) is 12.1. The Hall–Kier alpha value is -1.53. The predicted octanol–water partition coefficient (Wildman–Crippen LogP) is 5.63. The molecule has 0 heterocycles. The van der Waals surface area contributed by atoms with Crippen molar-refractivity contribution in [2.75, 3.05) is 26.4 Å². The first-order valence-corrected chi connectivity index (χ1v) is 10.1. The highest BCUT2D eigenvalue weighted by Gasteiger charge is 2.14. The van der Waals surface area contributed by atoms with Crippen molar-refractivity contribution in [1.29, 1.82) is 0 Å². The molecule has 0 atom stereocenters. The molecule has 2 aromatic rings. The van der Waals surface area contributed by atoms with Gasteiger partial charge in [-0.25, -0.2) is 4.39 Å². The largest absolute Gasteiger partial charge is 0.490 e. The maximum Gasteiger partial charge on any atom is 0.163 e. The summed E-state index contributed by atoms with van der Waals surface area (Å²) in [6.07, 6.45) is 0.925. The Kier molecular flexibility index (Phi) is 9.85. The molecule has 0 saturated heterocycles. The Morgan fingerprint density at radius 2 is 1.79 bits per heavy atom. The fraction of sp³-hybridized carbons (Fsp3) is 0.429. The Bertz CT molecular complexity index is 738. The van der Waals surface area contributed by atoms with Crippen molar-refractivity contribution < 1.29 is 18.6 Å². The molecular weight excluding hydrogens is 404 g/mol. The summed E-state index contributed by atoms with van der Waals surface area (Å²) in [5.41, 5.74) is 1.19. The van der Waals surface area contributed by atoms with E-state index in [0.717, 1.165) is 31.7 Å². The first-order chi connectivity index (χ1) is 13.6. The van der Waals surface area contributed by atoms with E-state index >= 15 is 0 Å². The van der Waals surface area contributed by atoms with Gasteiger partial charge in [0, 0.05) is 36.4 Å². The van der Waals surface area contributed by atoms with Gasteiger partial charge >= 0.3 is 0 Å². The molecule has 0 aromatic heterocycles. The summed E-state index contributed by atoms with van der Waals surface area (Å²) in [6, 6.07) is 8.07. The third-order valence-corrected chi connectivity index (χ3v) is 4.71. The minimum Gasteiger partial charge on any atom is -0.490 e. The molecule has 2 rings (SSSR count). The highest BCUT2D eigenvalue weighted by Crippen LogP contribution is 2.35. The quantitative estimate of drug-likeness (QED) is 0.444. The van der Waals surface area contributed by atoms with Crippen LogP contribution in [-0.4, -0.2) is 26.4 Å². The lowest BCUT2D eigenvalue weighted by Gasteiger charge is -2.16. The van der Waals surface area contributed by atoms with Crippen molar-refractivity contribution in [1.82, 2.24) is 5.32 Å². The van der Waals surface area contributed by atoms with Crippen LogP contribution in [0.15, 0.2) is 30.3 Å². The maximum atomic E-state index is 14.0. The molecule has 0 radical (unpaired) electrons. The van der Waals surface area contributed by atoms with Gasteiger partial charge in [-0.15, -0.1) is 0 Å². The molecule has 0 aliphatic heterocycles. The Labute approximate surface area is 175 Å². The smallest absolute Gasteiger partial charge is 0.163 e. The van der Waals surface area contributed by atoms with Crippen LogP contribution in [0.4, 0.5) is 4.39 Å². The number of hydrogen-bond acceptors (Lipinski definition) is 4. The average molecular weight is 430 g/mol. The Morgan fingerprint density at radius 3 is 2.50 bits per heavy atom. The average Bonchev–Trinajstić information content (AvgIpc) is 2.67. The third-order valence-electron chi connectivity index (χ3n) is 4.01. The van der Waals surface area contributed by atoms with E-state index in [2.05, 4.69) is 5.32 Å². The van der Waals surface area contributed by atoms with Crippen LogP contribution >= 0.6 is 23.2 Å². The molecule has 0 aliphatic carbocycles. The lowest BCUT2D eigenvalue weighted by Crippen LogP contribution is -2.17. The van der Waals surface area contributed by atoms with Crippen LogP contribution in [0.1, 0.15) is 31.4 Å². The summed E-state index contributed by atoms with van der Waals surface area (Å²) in [5, 5.41) is 4.20. The highest BCUT2D eigenvalue weighted by atomic mass is 35.5. The van der Waals surface area contributed by atoms with Gasteiger partial charge in [0.2, 0.25) is 0 Å². The van der Waals surface area contributed by atoms with Crippen molar-refractivity contribution in [3.8, 4) is 11.5 Å². The van der Waals surface area contributed by atoms with Crippen LogP contribution in [0.25, 0.3) is 0 Å².